The Hall–Kier alpha value is -3.50. The summed E-state index contributed by atoms with van der Waals surface area (Å²) in [6.07, 6.45) is 10.4. The van der Waals surface area contributed by atoms with Crippen molar-refractivity contribution in [2.75, 3.05) is 60.3 Å². The lowest BCUT2D eigenvalue weighted by molar-refractivity contribution is -0.0540. The Kier molecular flexibility index (Phi) is 14.5. The van der Waals surface area contributed by atoms with E-state index in [4.69, 9.17) is 46.9 Å². The molecule has 1 aromatic heterocycles. The fraction of sp³-hybridized carbons (Fsp3) is 0.450. The van der Waals surface area contributed by atoms with Crippen LogP contribution in [0.25, 0.3) is 5.57 Å². The molecule has 5 rings (SSSR count). The summed E-state index contributed by atoms with van der Waals surface area (Å²) in [5.41, 5.74) is 2.82. The summed E-state index contributed by atoms with van der Waals surface area (Å²) < 4.78 is 30.4. The number of β-amino-alcohol motifs (C(OH)–C–C–N with tert-alkyl or cyclic N) is 1. The molecule has 3 atom stereocenters. The molecule has 0 bridgehead atoms. The number of alkyl halides is 1. The van der Waals surface area contributed by atoms with Crippen LogP contribution in [-0.4, -0.2) is 97.9 Å². The van der Waals surface area contributed by atoms with Crippen molar-refractivity contribution in [2.24, 2.45) is 0 Å². The van der Waals surface area contributed by atoms with Crippen LogP contribution >= 0.6 is 23.2 Å². The summed E-state index contributed by atoms with van der Waals surface area (Å²) in [5.74, 6) is 0.948. The molecule has 278 valence electrons. The van der Waals surface area contributed by atoms with Crippen LogP contribution in [0.3, 0.4) is 0 Å². The smallest absolute Gasteiger partial charge is 0.143 e. The number of allylic oxidation sites excluding steroid dienone is 2. The van der Waals surface area contributed by atoms with E-state index in [1.54, 1.807) is 32.5 Å². The Balaban J connectivity index is 1.40. The van der Waals surface area contributed by atoms with Crippen LogP contribution in [0.1, 0.15) is 42.0 Å². The molecule has 1 aliphatic heterocycles. The molecule has 12 heteroatoms. The number of aromatic nitrogens is 1. The summed E-state index contributed by atoms with van der Waals surface area (Å²) >= 11 is 14.5. The standard InChI is InChI=1S/C40H48Cl2N4O6/c1-39(42)35(31-9-5-4-6-10-31)11-7-13-40(39,52-16-8-14-46-15-12-34(47)24-46)28-51-38-19-37(50-25-30-17-29(20-43)21-44-22-30)32(18-36(38)41)23-45-33(26-48-2)27-49-3/h4-7,9-11,13,17-19,21-22,33-34,45,47H,8,12,14-16,23-28H2,1-3H3/t34?,39-,40?/m1/s1. The van der Waals surface area contributed by atoms with E-state index in [-0.39, 0.29) is 25.4 Å². The van der Waals surface area contributed by atoms with E-state index in [2.05, 4.69) is 21.3 Å². The van der Waals surface area contributed by atoms with Crippen LogP contribution in [0.2, 0.25) is 5.02 Å². The molecule has 0 saturated carbocycles. The Morgan fingerprint density at radius 1 is 1.10 bits per heavy atom. The van der Waals surface area contributed by atoms with Gasteiger partial charge in [-0.15, -0.1) is 11.6 Å². The number of rotatable bonds is 19. The maximum atomic E-state index is 9.98. The predicted molar refractivity (Wildman–Crippen MR) is 203 cm³/mol. The lowest BCUT2D eigenvalue weighted by Gasteiger charge is -2.45. The van der Waals surface area contributed by atoms with Gasteiger partial charge in [0.2, 0.25) is 0 Å². The van der Waals surface area contributed by atoms with Gasteiger partial charge >= 0.3 is 0 Å². The monoisotopic (exact) mass is 750 g/mol. The molecular weight excluding hydrogens is 703 g/mol. The molecule has 1 fully saturated rings. The molecular formula is C40H48Cl2N4O6. The predicted octanol–water partition coefficient (Wildman–Crippen LogP) is 6.18. The Morgan fingerprint density at radius 2 is 1.88 bits per heavy atom. The summed E-state index contributed by atoms with van der Waals surface area (Å²) in [6.45, 7) is 6.30. The first-order chi connectivity index (χ1) is 25.2. The highest BCUT2D eigenvalue weighted by Crippen LogP contribution is 2.47. The normalized spacial score (nSPS) is 21.7. The second-order valence-corrected chi connectivity index (χ2v) is 14.5. The van der Waals surface area contributed by atoms with Gasteiger partial charge in [0.05, 0.1) is 35.9 Å². The maximum absolute atomic E-state index is 9.98. The third kappa shape index (κ3) is 10.1. The molecule has 2 heterocycles. The summed E-state index contributed by atoms with van der Waals surface area (Å²) in [6, 6.07) is 17.4. The molecule has 10 nitrogen and oxygen atoms in total. The number of halogens is 2. The van der Waals surface area contributed by atoms with Crippen molar-refractivity contribution in [3.05, 3.63) is 106 Å². The number of hydrogen-bond acceptors (Lipinski definition) is 10. The lowest BCUT2D eigenvalue weighted by Crippen LogP contribution is -2.55. The minimum absolute atomic E-state index is 0.0603. The van der Waals surface area contributed by atoms with Gasteiger partial charge in [-0.2, -0.15) is 5.26 Å². The third-order valence-corrected chi connectivity index (χ3v) is 10.3. The number of likely N-dealkylation sites (tertiary alicyclic amines) is 1. The van der Waals surface area contributed by atoms with Crippen LogP contribution in [-0.2, 0) is 27.4 Å². The van der Waals surface area contributed by atoms with E-state index < -0.39 is 10.5 Å². The molecule has 0 radical (unpaired) electrons. The van der Waals surface area contributed by atoms with E-state index in [0.717, 1.165) is 48.2 Å². The Morgan fingerprint density at radius 3 is 2.60 bits per heavy atom. The van der Waals surface area contributed by atoms with Crippen LogP contribution in [0.5, 0.6) is 11.5 Å². The van der Waals surface area contributed by atoms with Crippen LogP contribution < -0.4 is 14.8 Å². The fourth-order valence-electron chi connectivity index (χ4n) is 6.55. The number of nitrogens with zero attached hydrogens (tertiary/aromatic N) is 3. The number of nitrogens with one attached hydrogen (secondary N) is 1. The zero-order valence-electron chi connectivity index (χ0n) is 30.0. The van der Waals surface area contributed by atoms with Gasteiger partial charge in [0, 0.05) is 76.6 Å². The first kappa shape index (κ1) is 39.7. The SMILES string of the molecule is COCC(COC)NCc1cc(Cl)c(OCC2(OCCCN3CCC(O)C3)C=CC=C(c3ccccc3)[C@@]2(C)Cl)cc1OCc1cncc(C#N)c1. The highest BCUT2D eigenvalue weighted by molar-refractivity contribution is 6.32. The van der Waals surface area contributed by atoms with Crippen LogP contribution in [0.15, 0.2) is 79.2 Å². The number of hydrogen-bond donors (Lipinski definition) is 2. The van der Waals surface area contributed by atoms with Crippen molar-refractivity contribution >= 4 is 28.8 Å². The zero-order valence-corrected chi connectivity index (χ0v) is 31.5. The summed E-state index contributed by atoms with van der Waals surface area (Å²) in [7, 11) is 3.29. The van der Waals surface area contributed by atoms with Gasteiger partial charge in [0.15, 0.2) is 0 Å². The average molecular weight is 752 g/mol. The van der Waals surface area contributed by atoms with Crippen molar-refractivity contribution in [3.63, 3.8) is 0 Å². The van der Waals surface area contributed by atoms with Crippen molar-refractivity contribution in [1.82, 2.24) is 15.2 Å². The van der Waals surface area contributed by atoms with E-state index >= 15 is 0 Å². The average Bonchev–Trinajstić information content (AvgIpc) is 3.57. The van der Waals surface area contributed by atoms with E-state index in [9.17, 15) is 10.4 Å². The number of ether oxygens (including phenoxy) is 5. The Labute approximate surface area is 316 Å². The molecule has 2 aromatic carbocycles. The van der Waals surface area contributed by atoms with Gasteiger partial charge in [-0.05, 0) is 49.1 Å². The quantitative estimate of drug-likeness (QED) is 0.109. The molecule has 2 aliphatic rings. The second-order valence-electron chi connectivity index (χ2n) is 13.3. The number of benzene rings is 2. The number of aliphatic hydroxyl groups is 1. The minimum atomic E-state index is -1.07. The van der Waals surface area contributed by atoms with Crippen molar-refractivity contribution < 1.29 is 28.8 Å². The Bertz CT molecular complexity index is 1710. The van der Waals surface area contributed by atoms with Crippen molar-refractivity contribution in [3.8, 4) is 17.6 Å². The van der Waals surface area contributed by atoms with Crippen LogP contribution in [0.4, 0.5) is 0 Å². The molecule has 2 unspecified atom stereocenters. The molecule has 1 aliphatic carbocycles. The zero-order chi connectivity index (χ0) is 37.0. The first-order valence-corrected chi connectivity index (χ1v) is 18.3. The lowest BCUT2D eigenvalue weighted by atomic mass is 9.76. The minimum Gasteiger partial charge on any atom is -0.488 e. The van der Waals surface area contributed by atoms with Gasteiger partial charge < -0.3 is 39.0 Å². The fourth-order valence-corrected chi connectivity index (χ4v) is 7.13. The highest BCUT2D eigenvalue weighted by Gasteiger charge is 2.51. The molecule has 0 amide bonds. The largest absolute Gasteiger partial charge is 0.488 e. The summed E-state index contributed by atoms with van der Waals surface area (Å²) in [4.78, 5) is 5.40. The van der Waals surface area contributed by atoms with Crippen LogP contribution in [0, 0.1) is 11.3 Å². The number of aliphatic hydroxyl groups excluding tert-OH is 1. The third-order valence-electron chi connectivity index (χ3n) is 9.43. The molecule has 52 heavy (non-hydrogen) atoms. The molecule has 1 saturated heterocycles. The second kappa shape index (κ2) is 19.0. The van der Waals surface area contributed by atoms with Gasteiger partial charge in [-0.3, -0.25) is 4.98 Å². The topological polar surface area (TPSA) is 118 Å². The van der Waals surface area contributed by atoms with Gasteiger partial charge in [0.25, 0.3) is 0 Å². The van der Waals surface area contributed by atoms with Crippen molar-refractivity contribution in [1.29, 1.82) is 5.26 Å². The van der Waals surface area contributed by atoms with Crippen molar-refractivity contribution in [2.45, 2.75) is 55.5 Å². The summed E-state index contributed by atoms with van der Waals surface area (Å²) in [5, 5.41) is 23.2. The van der Waals surface area contributed by atoms with Gasteiger partial charge in [-0.1, -0.05) is 54.1 Å². The number of pyridine rings is 1. The van der Waals surface area contributed by atoms with Gasteiger partial charge in [-0.25, -0.2) is 0 Å². The maximum Gasteiger partial charge on any atom is 0.143 e. The number of nitriles is 1. The van der Waals surface area contributed by atoms with E-state index in [1.807, 2.05) is 61.5 Å². The van der Waals surface area contributed by atoms with E-state index in [1.165, 1.54) is 6.20 Å². The molecule has 0 spiro atoms. The van der Waals surface area contributed by atoms with Gasteiger partial charge in [0.1, 0.15) is 41.3 Å². The highest BCUT2D eigenvalue weighted by atomic mass is 35.5. The molecule has 3 aromatic rings. The first-order valence-electron chi connectivity index (χ1n) is 17.5. The number of methoxy groups -OCH3 is 2. The molecule has 2 N–H and O–H groups in total. The van der Waals surface area contributed by atoms with E-state index in [0.29, 0.717) is 55.0 Å².